The Balaban J connectivity index is 1.60. The van der Waals surface area contributed by atoms with Crippen LogP contribution in [0.25, 0.3) is 0 Å². The van der Waals surface area contributed by atoms with Gasteiger partial charge in [0.15, 0.2) is 0 Å². The Kier molecular flexibility index (Phi) is 6.04. The second kappa shape index (κ2) is 8.02. The molecule has 4 fully saturated rings. The van der Waals surface area contributed by atoms with Crippen molar-refractivity contribution in [1.82, 2.24) is 0 Å². The van der Waals surface area contributed by atoms with Gasteiger partial charge in [0.2, 0.25) is 0 Å². The van der Waals surface area contributed by atoms with E-state index < -0.39 is 5.97 Å². The molecular formula is C30H48O2. The zero-order valence-electron chi connectivity index (χ0n) is 21.7. The third kappa shape index (κ3) is 3.29. The zero-order valence-corrected chi connectivity index (χ0v) is 21.7. The largest absolute Gasteiger partial charge is 0.481 e. The molecule has 0 amide bonds. The fourth-order valence-electron chi connectivity index (χ4n) is 10.1. The predicted molar refractivity (Wildman–Crippen MR) is 133 cm³/mol. The first-order valence-electron chi connectivity index (χ1n) is 13.4. The van der Waals surface area contributed by atoms with Crippen molar-refractivity contribution in [3.8, 4) is 0 Å². The van der Waals surface area contributed by atoms with Crippen LogP contribution < -0.4 is 0 Å². The molecule has 1 N–H and O–H groups in total. The Hall–Kier alpha value is -1.05. The first-order valence-corrected chi connectivity index (χ1v) is 13.4. The summed E-state index contributed by atoms with van der Waals surface area (Å²) < 4.78 is 0. The van der Waals surface area contributed by atoms with E-state index in [-0.39, 0.29) is 5.41 Å². The highest BCUT2D eigenvalue weighted by Gasteiger charge is 2.80. The number of rotatable bonds is 8. The second-order valence-corrected chi connectivity index (χ2v) is 13.2. The minimum atomic E-state index is -0.623. The number of carbonyl (C=O) groups is 1. The van der Waals surface area contributed by atoms with Crippen molar-refractivity contribution in [3.05, 3.63) is 23.8 Å². The monoisotopic (exact) mass is 440 g/mol. The molecule has 0 aromatic rings. The lowest BCUT2D eigenvalue weighted by Gasteiger charge is -2.61. The van der Waals surface area contributed by atoms with Crippen molar-refractivity contribution < 1.29 is 9.90 Å². The van der Waals surface area contributed by atoms with Crippen LogP contribution in [0.3, 0.4) is 0 Å². The lowest BCUT2D eigenvalue weighted by molar-refractivity contribution is -0.139. The van der Waals surface area contributed by atoms with Crippen LogP contribution in [0.2, 0.25) is 0 Å². The predicted octanol–water partition coefficient (Wildman–Crippen LogP) is 8.43. The smallest absolute Gasteiger partial charge is 0.303 e. The van der Waals surface area contributed by atoms with E-state index in [1.165, 1.54) is 68.9 Å². The maximum absolute atomic E-state index is 11.6. The van der Waals surface area contributed by atoms with Gasteiger partial charge in [-0.05, 0) is 130 Å². The Bertz CT molecular complexity index is 806. The molecule has 4 saturated carbocycles. The van der Waals surface area contributed by atoms with Gasteiger partial charge < -0.3 is 5.11 Å². The number of carboxylic acid groups (broad SMARTS) is 1. The zero-order chi connectivity index (χ0) is 23.5. The first kappa shape index (κ1) is 24.1. The quantitative estimate of drug-likeness (QED) is 0.384. The van der Waals surface area contributed by atoms with E-state index in [1.54, 1.807) is 0 Å². The molecule has 0 bridgehead atoms. The summed E-state index contributed by atoms with van der Waals surface area (Å²) in [4.78, 5) is 11.6. The summed E-state index contributed by atoms with van der Waals surface area (Å²) in [6, 6.07) is 0. The van der Waals surface area contributed by atoms with Crippen LogP contribution in [0.1, 0.15) is 112 Å². The molecule has 0 radical (unpaired) electrons. The number of aliphatic carboxylic acids is 1. The van der Waals surface area contributed by atoms with E-state index in [1.807, 2.05) is 0 Å². The van der Waals surface area contributed by atoms with Crippen LogP contribution in [-0.2, 0) is 4.79 Å². The number of fused-ring (bicyclic) bond motifs is 2. The molecule has 1 spiro atoms. The minimum absolute atomic E-state index is 0.220. The Labute approximate surface area is 197 Å². The molecule has 32 heavy (non-hydrogen) atoms. The molecule has 4 rings (SSSR count). The number of carboxylic acids is 1. The highest BCUT2D eigenvalue weighted by Crippen LogP contribution is 2.87. The van der Waals surface area contributed by atoms with Gasteiger partial charge in [-0.3, -0.25) is 4.79 Å². The molecule has 2 heteroatoms. The molecule has 4 aliphatic rings. The van der Waals surface area contributed by atoms with Crippen LogP contribution in [0, 0.1) is 45.3 Å². The molecule has 0 aliphatic heterocycles. The maximum Gasteiger partial charge on any atom is 0.303 e. The van der Waals surface area contributed by atoms with Gasteiger partial charge in [-0.15, -0.1) is 0 Å². The normalized spacial score (nSPS) is 45.2. The molecule has 0 aromatic carbocycles. The van der Waals surface area contributed by atoms with Crippen LogP contribution in [0.5, 0.6) is 0 Å². The molecule has 2 nitrogen and oxygen atoms in total. The summed E-state index contributed by atoms with van der Waals surface area (Å²) >= 11 is 0. The van der Waals surface area contributed by atoms with E-state index in [0.717, 1.165) is 24.2 Å². The average molecular weight is 441 g/mol. The number of hydrogen-bond acceptors (Lipinski definition) is 1. The lowest BCUT2D eigenvalue weighted by atomic mass is 9.43. The molecular weight excluding hydrogens is 392 g/mol. The van der Waals surface area contributed by atoms with E-state index in [9.17, 15) is 9.90 Å². The highest BCUT2D eigenvalue weighted by atomic mass is 16.4. The Morgan fingerprint density at radius 3 is 2.44 bits per heavy atom. The highest BCUT2D eigenvalue weighted by molar-refractivity contribution is 5.67. The van der Waals surface area contributed by atoms with Crippen molar-refractivity contribution in [1.29, 1.82) is 0 Å². The van der Waals surface area contributed by atoms with Gasteiger partial charge in [0.1, 0.15) is 0 Å². The van der Waals surface area contributed by atoms with Crippen molar-refractivity contribution in [2.24, 2.45) is 45.3 Å². The van der Waals surface area contributed by atoms with Gasteiger partial charge in [0, 0.05) is 6.42 Å². The summed E-state index contributed by atoms with van der Waals surface area (Å²) in [6.07, 6.45) is 15.4. The summed E-state index contributed by atoms with van der Waals surface area (Å²) in [6.45, 7) is 18.9. The van der Waals surface area contributed by atoms with Gasteiger partial charge in [-0.1, -0.05) is 44.6 Å². The van der Waals surface area contributed by atoms with E-state index >= 15 is 0 Å². The summed E-state index contributed by atoms with van der Waals surface area (Å²) in [5.41, 5.74) is 4.20. The van der Waals surface area contributed by atoms with Crippen LogP contribution in [-0.4, -0.2) is 11.1 Å². The van der Waals surface area contributed by atoms with Gasteiger partial charge in [0.05, 0.1) is 0 Å². The molecule has 180 valence electrons. The molecule has 0 heterocycles. The van der Waals surface area contributed by atoms with Gasteiger partial charge >= 0.3 is 5.97 Å². The van der Waals surface area contributed by atoms with Crippen LogP contribution >= 0.6 is 0 Å². The second-order valence-electron chi connectivity index (χ2n) is 13.2. The van der Waals surface area contributed by atoms with Crippen molar-refractivity contribution >= 4 is 5.97 Å². The molecule has 8 atom stereocenters. The number of allylic oxidation sites excluding steroid dienone is 3. The maximum atomic E-state index is 11.6. The fraction of sp³-hybridized carbons (Fsp3) is 0.833. The van der Waals surface area contributed by atoms with Gasteiger partial charge in [-0.2, -0.15) is 0 Å². The van der Waals surface area contributed by atoms with Crippen molar-refractivity contribution in [3.63, 3.8) is 0 Å². The summed E-state index contributed by atoms with van der Waals surface area (Å²) in [5, 5.41) is 9.51. The van der Waals surface area contributed by atoms with E-state index in [0.29, 0.717) is 28.6 Å². The van der Waals surface area contributed by atoms with Gasteiger partial charge in [-0.25, -0.2) is 0 Å². The Morgan fingerprint density at radius 2 is 1.81 bits per heavy atom. The average Bonchev–Trinajstić information content (AvgIpc) is 3.29. The van der Waals surface area contributed by atoms with Crippen molar-refractivity contribution in [2.75, 3.05) is 0 Å². The minimum Gasteiger partial charge on any atom is -0.481 e. The van der Waals surface area contributed by atoms with Crippen LogP contribution in [0.15, 0.2) is 23.8 Å². The fourth-order valence-corrected chi connectivity index (χ4v) is 10.1. The first-order chi connectivity index (χ1) is 14.9. The summed E-state index contributed by atoms with van der Waals surface area (Å²) in [7, 11) is 0. The molecule has 0 unspecified atom stereocenters. The van der Waals surface area contributed by atoms with Gasteiger partial charge in [0.25, 0.3) is 0 Å². The third-order valence-electron chi connectivity index (χ3n) is 11.8. The molecule has 0 aromatic heterocycles. The summed E-state index contributed by atoms with van der Waals surface area (Å²) in [5.74, 6) is 2.30. The van der Waals surface area contributed by atoms with Crippen molar-refractivity contribution in [2.45, 2.75) is 112 Å². The topological polar surface area (TPSA) is 37.3 Å². The standard InChI is InChI=1S/C30H48O2/c1-20(2)9-8-10-22(5)24-13-15-28(7)25-12-11-23(21(3)4)29(16-14-26(31)32)19-30(25,29)18-17-27(24,28)6/h9,22-25H,3,8,10-19H2,1-2,4-7H3,(H,31,32)/t22-,23+,24-,25+,27-,28+,29-,30+/m0/s1. The van der Waals surface area contributed by atoms with E-state index in [2.05, 4.69) is 54.2 Å². The molecule has 0 saturated heterocycles. The lowest BCUT2D eigenvalue weighted by Crippen LogP contribution is -2.54. The molecule has 4 aliphatic carbocycles. The third-order valence-corrected chi connectivity index (χ3v) is 11.8. The Morgan fingerprint density at radius 1 is 1.09 bits per heavy atom. The van der Waals surface area contributed by atoms with Crippen LogP contribution in [0.4, 0.5) is 0 Å². The SMILES string of the molecule is C=C(C)[C@H]1CC[C@H]2[C@@]3(CC[C@@]4(C)[C@H]([C@@H](C)CCC=C(C)C)CC[C@]24C)C[C@@]13CCC(=O)O. The van der Waals surface area contributed by atoms with E-state index in [4.69, 9.17) is 0 Å². The number of hydrogen-bond donors (Lipinski definition) is 1.